The summed E-state index contributed by atoms with van der Waals surface area (Å²) in [7, 11) is 3.37. The average Bonchev–Trinajstić information content (AvgIpc) is 3.03. The van der Waals surface area contributed by atoms with Crippen LogP contribution in [-0.2, 0) is 11.3 Å². The number of likely N-dealkylation sites (tertiary alicyclic amines) is 1. The molecule has 1 fully saturated rings. The van der Waals surface area contributed by atoms with Crippen molar-refractivity contribution in [3.05, 3.63) is 96.1 Å². The van der Waals surface area contributed by atoms with Crippen molar-refractivity contribution >= 4 is 34.0 Å². The van der Waals surface area contributed by atoms with Gasteiger partial charge in [-0.15, -0.1) is 0 Å². The molecule has 0 amide bonds. The van der Waals surface area contributed by atoms with Gasteiger partial charge in [0.25, 0.3) is 0 Å². The van der Waals surface area contributed by atoms with Gasteiger partial charge in [-0.1, -0.05) is 77.8 Å². The number of hydrogen-bond donors (Lipinski definition) is 0. The molecule has 1 saturated heterocycles. The fourth-order valence-electron chi connectivity index (χ4n) is 5.52. The molecule has 2 unspecified atom stereocenters. The summed E-state index contributed by atoms with van der Waals surface area (Å²) in [5, 5.41) is 1.99. The molecule has 2 atom stereocenters. The zero-order valence-electron chi connectivity index (χ0n) is 24.0. The Kier molecular flexibility index (Phi) is 10.7. The number of ether oxygens (including phenoxy) is 5. The van der Waals surface area contributed by atoms with Gasteiger partial charge < -0.3 is 23.7 Å². The number of alkyl halides is 2. The second-order valence-electron chi connectivity index (χ2n) is 10.3. The van der Waals surface area contributed by atoms with Crippen molar-refractivity contribution < 1.29 is 23.7 Å². The molecule has 6 nitrogen and oxygen atoms in total. The second-order valence-corrected chi connectivity index (χ2v) is 11.3. The van der Waals surface area contributed by atoms with Crippen molar-refractivity contribution in [3.63, 3.8) is 0 Å². The first-order chi connectivity index (χ1) is 20.6. The number of hydrogen-bond acceptors (Lipinski definition) is 6. The maximum atomic E-state index is 6.63. The molecule has 5 rings (SSSR count). The lowest BCUT2D eigenvalue weighted by Crippen LogP contribution is -2.45. The van der Waals surface area contributed by atoms with Crippen molar-refractivity contribution in [3.8, 4) is 23.0 Å². The van der Waals surface area contributed by atoms with Gasteiger partial charge in [-0.25, -0.2) is 0 Å². The Balaban J connectivity index is 1.24. The first-order valence-corrected chi connectivity index (χ1v) is 15.1. The van der Waals surface area contributed by atoms with E-state index in [1.54, 1.807) is 14.2 Å². The summed E-state index contributed by atoms with van der Waals surface area (Å²) in [6.07, 6.45) is 1.55. The highest BCUT2D eigenvalue weighted by atomic mass is 35.5. The third-order valence-electron chi connectivity index (χ3n) is 7.66. The zero-order valence-corrected chi connectivity index (χ0v) is 25.5. The van der Waals surface area contributed by atoms with Gasteiger partial charge in [-0.2, -0.15) is 0 Å². The van der Waals surface area contributed by atoms with Crippen LogP contribution in [0.4, 0.5) is 0 Å². The van der Waals surface area contributed by atoms with Crippen molar-refractivity contribution in [2.45, 2.75) is 36.4 Å². The molecule has 0 saturated carbocycles. The minimum absolute atomic E-state index is 0.122. The smallest absolute Gasteiger partial charge is 0.160 e. The van der Waals surface area contributed by atoms with Crippen LogP contribution in [-0.4, -0.2) is 56.5 Å². The Morgan fingerprint density at radius 3 is 2.14 bits per heavy atom. The Labute approximate surface area is 258 Å². The summed E-state index contributed by atoms with van der Waals surface area (Å²) in [6, 6.07) is 28.2. The van der Waals surface area contributed by atoms with Gasteiger partial charge in [-0.3, -0.25) is 4.90 Å². The molecule has 4 aromatic rings. The normalized spacial score (nSPS) is 17.4. The summed E-state index contributed by atoms with van der Waals surface area (Å²) in [5.41, 5.74) is 2.13. The van der Waals surface area contributed by atoms with Gasteiger partial charge in [0.1, 0.15) is 23.0 Å². The number of para-hydroxylation sites is 1. The highest BCUT2D eigenvalue weighted by Gasteiger charge is 2.33. The van der Waals surface area contributed by atoms with Gasteiger partial charge in [0.15, 0.2) is 4.96 Å². The number of fused-ring (bicyclic) bond motifs is 1. The lowest BCUT2D eigenvalue weighted by Gasteiger charge is -2.39. The van der Waals surface area contributed by atoms with Crippen LogP contribution in [0.2, 0.25) is 0 Å². The minimum atomic E-state index is -0.589. The van der Waals surface area contributed by atoms with Crippen molar-refractivity contribution in [2.75, 3.05) is 40.5 Å². The highest BCUT2D eigenvalue weighted by molar-refractivity contribution is 6.43. The molecule has 1 heterocycles. The minimum Gasteiger partial charge on any atom is -0.496 e. The van der Waals surface area contributed by atoms with Gasteiger partial charge >= 0.3 is 0 Å². The van der Waals surface area contributed by atoms with E-state index in [9.17, 15) is 0 Å². The average molecular weight is 611 g/mol. The van der Waals surface area contributed by atoms with E-state index < -0.39 is 4.96 Å². The van der Waals surface area contributed by atoms with Crippen molar-refractivity contribution in [1.82, 2.24) is 4.90 Å². The summed E-state index contributed by atoms with van der Waals surface area (Å²) in [6.45, 7) is 2.96. The lowest BCUT2D eigenvalue weighted by molar-refractivity contribution is -0.0231. The molecule has 0 N–H and O–H groups in total. The van der Waals surface area contributed by atoms with E-state index in [2.05, 4.69) is 12.1 Å². The van der Waals surface area contributed by atoms with Crippen LogP contribution in [0.1, 0.15) is 29.9 Å². The molecular formula is C34H37Cl2NO5. The molecule has 1 aliphatic heterocycles. The Hall–Kier alpha value is -3.16. The Morgan fingerprint density at radius 2 is 1.48 bits per heavy atom. The Morgan fingerprint density at radius 1 is 0.810 bits per heavy atom. The lowest BCUT2D eigenvalue weighted by atomic mass is 9.87. The number of nitrogens with zero attached hydrogens (tertiary/aromatic N) is 1. The maximum Gasteiger partial charge on any atom is 0.160 e. The number of methoxy groups -OCH3 is 2. The molecule has 0 radical (unpaired) electrons. The number of halogens is 2. The molecule has 222 valence electrons. The van der Waals surface area contributed by atoms with E-state index in [1.165, 1.54) is 5.56 Å². The fourth-order valence-corrected chi connectivity index (χ4v) is 5.87. The molecule has 8 heteroatoms. The Bertz CT molecular complexity index is 1420. The second kappa shape index (κ2) is 14.8. The van der Waals surface area contributed by atoms with Crippen LogP contribution in [0.15, 0.2) is 84.9 Å². The first kappa shape index (κ1) is 30.3. The third-order valence-corrected chi connectivity index (χ3v) is 8.21. The molecule has 42 heavy (non-hydrogen) atoms. The summed E-state index contributed by atoms with van der Waals surface area (Å²) >= 11 is 12.6. The molecule has 0 spiro atoms. The first-order valence-electron chi connectivity index (χ1n) is 14.2. The standard InChI is InChI=1S/C34H37Cl2NO5/c1-38-31-21-25(33(39-2)30-12-7-6-11-29(30)31)23-42-32-22-37(34(35)36)18-17-28(32)24-13-15-27(16-14-24)41-20-8-19-40-26-9-4-3-5-10-26/h3-7,9-16,21,28,32,34H,8,17-20,22-23H2,1-2H3. The van der Waals surface area contributed by atoms with E-state index in [4.69, 9.17) is 46.9 Å². The van der Waals surface area contributed by atoms with E-state index in [0.29, 0.717) is 26.4 Å². The number of benzene rings is 4. The van der Waals surface area contributed by atoms with Crippen LogP contribution in [0.25, 0.3) is 10.8 Å². The molecule has 0 bridgehead atoms. The molecule has 0 aromatic heterocycles. The van der Waals surface area contributed by atoms with Gasteiger partial charge in [-0.05, 0) is 42.3 Å². The van der Waals surface area contributed by atoms with Crippen molar-refractivity contribution in [1.29, 1.82) is 0 Å². The van der Waals surface area contributed by atoms with E-state index in [0.717, 1.165) is 58.7 Å². The largest absolute Gasteiger partial charge is 0.496 e. The maximum absolute atomic E-state index is 6.63. The SMILES string of the molecule is COc1cc(COC2CN(C(Cl)Cl)CCC2c2ccc(OCCCOc3ccccc3)cc2)c(OC)c2ccccc12. The predicted molar refractivity (Wildman–Crippen MR) is 169 cm³/mol. The monoisotopic (exact) mass is 609 g/mol. The summed E-state index contributed by atoms with van der Waals surface area (Å²) in [4.78, 5) is 1.45. The molecular weight excluding hydrogens is 573 g/mol. The van der Waals surface area contributed by atoms with E-state index >= 15 is 0 Å². The fraction of sp³-hybridized carbons (Fsp3) is 0.353. The van der Waals surface area contributed by atoms with Gasteiger partial charge in [0.05, 0.1) is 40.1 Å². The van der Waals surface area contributed by atoms with Crippen LogP contribution in [0, 0.1) is 0 Å². The molecule has 0 aliphatic carbocycles. The van der Waals surface area contributed by atoms with Gasteiger partial charge in [0.2, 0.25) is 0 Å². The van der Waals surface area contributed by atoms with E-state index in [1.807, 2.05) is 77.7 Å². The van der Waals surface area contributed by atoms with Gasteiger partial charge in [0, 0.05) is 41.8 Å². The third kappa shape index (κ3) is 7.42. The number of piperidine rings is 1. The van der Waals surface area contributed by atoms with Crippen LogP contribution in [0.5, 0.6) is 23.0 Å². The van der Waals surface area contributed by atoms with Crippen LogP contribution >= 0.6 is 23.2 Å². The van der Waals surface area contributed by atoms with Crippen molar-refractivity contribution in [2.24, 2.45) is 0 Å². The molecule has 1 aliphatic rings. The number of rotatable bonds is 13. The molecule has 4 aromatic carbocycles. The van der Waals surface area contributed by atoms with E-state index in [-0.39, 0.29) is 12.0 Å². The van der Waals surface area contributed by atoms with Crippen LogP contribution in [0.3, 0.4) is 0 Å². The quantitative estimate of drug-likeness (QED) is 0.0874. The summed E-state index contributed by atoms with van der Waals surface area (Å²) < 4.78 is 29.9. The van der Waals surface area contributed by atoms with Crippen LogP contribution < -0.4 is 18.9 Å². The highest BCUT2D eigenvalue weighted by Crippen LogP contribution is 2.39. The zero-order chi connectivity index (χ0) is 29.3. The topological polar surface area (TPSA) is 49.4 Å². The predicted octanol–water partition coefficient (Wildman–Crippen LogP) is 7.84. The summed E-state index contributed by atoms with van der Waals surface area (Å²) in [5.74, 6) is 3.46.